The van der Waals surface area contributed by atoms with Crippen LogP contribution in [-0.4, -0.2) is 617 Å². The van der Waals surface area contributed by atoms with Gasteiger partial charge in [-0.25, -0.2) is 0 Å². The molecule has 2 N–H and O–H groups in total. The minimum absolute atomic E-state index is 0.00855. The minimum atomic E-state index is -0.832. The summed E-state index contributed by atoms with van der Waals surface area (Å²) in [6.07, 6.45) is 0. The number of nitrogens with zero attached hydrogens (tertiary/aromatic N) is 12. The van der Waals surface area contributed by atoms with Crippen molar-refractivity contribution in [2.75, 3.05) is 487 Å². The highest BCUT2D eigenvalue weighted by Gasteiger charge is 2.34. The second kappa shape index (κ2) is 88.3. The normalized spacial score (nSPS) is 11.3. The van der Waals surface area contributed by atoms with Gasteiger partial charge in [0.2, 0.25) is 70.9 Å². The molecule has 12 amide bonds. The van der Waals surface area contributed by atoms with Crippen LogP contribution < -0.4 is 5.73 Å². The summed E-state index contributed by atoms with van der Waals surface area (Å²) in [5.74, 6) is -8.78. The molecule has 0 aliphatic rings. The van der Waals surface area contributed by atoms with Crippen molar-refractivity contribution < 1.29 is 171 Å². The maximum atomic E-state index is 15.2. The van der Waals surface area contributed by atoms with Crippen molar-refractivity contribution in [3.63, 3.8) is 0 Å². The number of carbonyl (C=O) groups is 12. The van der Waals surface area contributed by atoms with Gasteiger partial charge >= 0.3 is 0 Å². The Labute approximate surface area is 791 Å². The summed E-state index contributed by atoms with van der Waals surface area (Å²) in [6, 6.07) is 0. The lowest BCUT2D eigenvalue weighted by atomic mass is 10.3. The Morgan fingerprint density at radius 1 is 0.149 bits per heavy atom. The molecule has 49 heteroatoms. The van der Waals surface area contributed by atoms with E-state index in [-0.39, 0.29) is 257 Å². The molecule has 49 nitrogen and oxygen atoms in total. The number of methoxy groups -OCH3 is 12. The standard InChI is InChI=1S/C85H161N13O36/c1-87(14-26-111-2)63-75(100)94(21-33-124-51-57-130-45-39-118-9)69-77(102)90(16-28-113-4)65-82(107)96(23-35-126-53-59-132-47-41-120-11)71-79(104)92(18-30-115-6)67-84(109)98(25-37-128-55-61-134-49-43-122-13)73-81(106)93(19-31-116-7)68-85(110)97(24-36-127-54-60-133-48-42-121-12)72-80(105)91(17-29-114-5)66-83(108)95(22-34-125-52-58-131-46-40-119-10)70-78(103)89(15-27-112-3)64-76(101)88(62-74(86)99)20-32-123-50-56-129-44-38-117-8/h14-73H2,1-13H3,(H2,86,99). The number of rotatable bonds is 96. The van der Waals surface area contributed by atoms with E-state index >= 15 is 24.0 Å². The van der Waals surface area contributed by atoms with E-state index in [1.165, 1.54) is 92.9 Å². The summed E-state index contributed by atoms with van der Waals surface area (Å²) in [6.45, 7) is -4.25. The fraction of sp³-hybridized carbons (Fsp3) is 0.859. The second-order valence-electron chi connectivity index (χ2n) is 29.4. The van der Waals surface area contributed by atoms with Crippen molar-refractivity contribution in [2.24, 2.45) is 5.73 Å². The van der Waals surface area contributed by atoms with Gasteiger partial charge in [0.05, 0.1) is 316 Å². The fourth-order valence-electron chi connectivity index (χ4n) is 11.5. The zero-order valence-electron chi connectivity index (χ0n) is 82.1. The van der Waals surface area contributed by atoms with Crippen LogP contribution in [0.25, 0.3) is 0 Å². The van der Waals surface area contributed by atoms with E-state index in [0.717, 1.165) is 39.2 Å². The first-order chi connectivity index (χ1) is 64.9. The molecule has 0 aromatic rings. The van der Waals surface area contributed by atoms with Gasteiger partial charge in [-0.1, -0.05) is 0 Å². The van der Waals surface area contributed by atoms with Crippen molar-refractivity contribution in [1.82, 2.24) is 58.8 Å². The maximum absolute atomic E-state index is 15.2. The quantitative estimate of drug-likeness (QED) is 0.0553. The van der Waals surface area contributed by atoms with Crippen molar-refractivity contribution in [3.05, 3.63) is 0 Å². The number of carbonyl (C=O) groups excluding carboxylic acids is 12. The van der Waals surface area contributed by atoms with E-state index in [0.29, 0.717) is 66.0 Å². The van der Waals surface area contributed by atoms with Gasteiger partial charge in [-0.3, -0.25) is 62.4 Å². The predicted octanol–water partition coefficient (Wildman–Crippen LogP) is -6.53. The lowest BCUT2D eigenvalue weighted by molar-refractivity contribution is -0.150. The van der Waals surface area contributed by atoms with Crippen LogP contribution >= 0.6 is 0 Å². The highest BCUT2D eigenvalue weighted by Crippen LogP contribution is 2.11. The topological polar surface area (TPSA) is 491 Å². The summed E-state index contributed by atoms with van der Waals surface area (Å²) in [4.78, 5) is 189. The first kappa shape index (κ1) is 127. The molecule has 0 fully saturated rings. The monoisotopic (exact) mass is 1940 g/mol. The Hall–Kier alpha value is -7.36. The summed E-state index contributed by atoms with van der Waals surface area (Å²) in [5, 5.41) is 0. The molecule has 0 bridgehead atoms. The van der Waals surface area contributed by atoms with Gasteiger partial charge in [0.15, 0.2) is 0 Å². The number of primary amides is 1. The van der Waals surface area contributed by atoms with Crippen LogP contribution in [0.4, 0.5) is 0 Å². The third kappa shape index (κ3) is 67.0. The summed E-state index contributed by atoms with van der Waals surface area (Å²) < 4.78 is 131. The molecule has 0 spiro atoms. The van der Waals surface area contributed by atoms with Gasteiger partial charge in [0.25, 0.3) is 0 Å². The van der Waals surface area contributed by atoms with Crippen molar-refractivity contribution in [2.45, 2.75) is 0 Å². The number of nitrogens with two attached hydrogens (primary N) is 1. The fourth-order valence-corrected chi connectivity index (χ4v) is 11.5. The molecule has 134 heavy (non-hydrogen) atoms. The van der Waals surface area contributed by atoms with Crippen molar-refractivity contribution in [1.29, 1.82) is 0 Å². The van der Waals surface area contributed by atoms with Gasteiger partial charge in [-0.2, -0.15) is 0 Å². The maximum Gasteiger partial charge on any atom is 0.242 e. The summed E-state index contributed by atoms with van der Waals surface area (Å²) in [5.41, 5.74) is 5.57. The van der Waals surface area contributed by atoms with Crippen LogP contribution in [0, 0.1) is 0 Å². The van der Waals surface area contributed by atoms with Crippen LogP contribution in [0.5, 0.6) is 0 Å². The van der Waals surface area contributed by atoms with Crippen molar-refractivity contribution in [3.8, 4) is 0 Å². The molecule has 0 aliphatic carbocycles. The number of hydrogen-bond acceptors (Lipinski definition) is 37. The molecule has 782 valence electrons. The molecule has 0 aliphatic heterocycles. The highest BCUT2D eigenvalue weighted by atomic mass is 16.6. The third-order valence-corrected chi connectivity index (χ3v) is 19.3. The minimum Gasteiger partial charge on any atom is -0.383 e. The van der Waals surface area contributed by atoms with Gasteiger partial charge in [-0.15, -0.1) is 0 Å². The Balaban J connectivity index is 7.92. The molecule has 0 unspecified atom stereocenters. The molecular weight excluding hydrogens is 1780 g/mol. The summed E-state index contributed by atoms with van der Waals surface area (Å²) in [7, 11) is 19.3. The van der Waals surface area contributed by atoms with Gasteiger partial charge < -0.3 is 173 Å². The molecule has 0 heterocycles. The van der Waals surface area contributed by atoms with E-state index in [4.69, 9.17) is 119 Å². The molecular formula is C85H161N13O36. The number of ether oxygens (including phenoxy) is 24. The molecule has 0 atom stereocenters. The average Bonchev–Trinajstić information content (AvgIpc) is 0.851. The molecule has 0 aromatic carbocycles. The first-order valence-corrected chi connectivity index (χ1v) is 44.8. The summed E-state index contributed by atoms with van der Waals surface area (Å²) >= 11 is 0. The zero-order chi connectivity index (χ0) is 99.3. The van der Waals surface area contributed by atoms with Crippen LogP contribution in [0.3, 0.4) is 0 Å². The van der Waals surface area contributed by atoms with Crippen LogP contribution in [0.1, 0.15) is 0 Å². The average molecular weight is 1940 g/mol. The van der Waals surface area contributed by atoms with Gasteiger partial charge in [-0.05, 0) is 7.05 Å². The van der Waals surface area contributed by atoms with Crippen LogP contribution in [0.15, 0.2) is 0 Å². The molecule has 0 aromatic heterocycles. The third-order valence-electron chi connectivity index (χ3n) is 19.3. The van der Waals surface area contributed by atoms with E-state index in [1.54, 1.807) is 19.1 Å². The molecule has 0 saturated carbocycles. The van der Waals surface area contributed by atoms with E-state index in [9.17, 15) is 33.6 Å². The van der Waals surface area contributed by atoms with Crippen molar-refractivity contribution >= 4 is 70.9 Å². The molecule has 0 radical (unpaired) electrons. The van der Waals surface area contributed by atoms with E-state index in [1.807, 2.05) is 0 Å². The molecule has 0 saturated heterocycles. The van der Waals surface area contributed by atoms with Crippen LogP contribution in [-0.2, 0) is 171 Å². The number of likely N-dealkylation sites (N-methyl/N-ethyl adjacent to an activating group) is 1. The predicted molar refractivity (Wildman–Crippen MR) is 481 cm³/mol. The molecule has 0 rings (SSSR count). The smallest absolute Gasteiger partial charge is 0.242 e. The van der Waals surface area contributed by atoms with Gasteiger partial charge in [0, 0.05) is 164 Å². The zero-order valence-corrected chi connectivity index (χ0v) is 82.1. The SMILES string of the molecule is COCCOCCOCCN(CC(N)=O)C(=O)CN(CCOC)C(=O)CN(CCOCCOCCOC)C(=O)CN(CCOC)C(=O)CN(CCOCCOCCOC)C(=O)CN(CCOC)C(=O)CN(CCOCCOCCOC)C(=O)CN(CCOC)C(=O)CN(CCOCCOCCOC)C(=O)CN(CCOC)C(=O)CN(CCOCCOCCOC)C(=O)CN(C)CCOC. The first-order valence-electron chi connectivity index (χ1n) is 44.8. The Morgan fingerprint density at radius 2 is 0.261 bits per heavy atom. The Morgan fingerprint density at radius 3 is 0.403 bits per heavy atom. The Kier molecular flexibility index (Phi) is 83.5. The Bertz CT molecular complexity index is 3030. The van der Waals surface area contributed by atoms with E-state index < -0.39 is 143 Å². The number of hydrogen-bond donors (Lipinski definition) is 1. The van der Waals surface area contributed by atoms with Crippen LogP contribution in [0.2, 0.25) is 0 Å². The highest BCUT2D eigenvalue weighted by molar-refractivity contribution is 5.95. The lowest BCUT2D eigenvalue weighted by Gasteiger charge is -2.33. The second-order valence-corrected chi connectivity index (χ2v) is 29.4. The lowest BCUT2D eigenvalue weighted by Crippen LogP contribution is -2.54. The van der Waals surface area contributed by atoms with Gasteiger partial charge in [0.1, 0.15) is 0 Å². The number of amides is 12. The van der Waals surface area contributed by atoms with E-state index in [2.05, 4.69) is 0 Å². The largest absolute Gasteiger partial charge is 0.383 e.